The summed E-state index contributed by atoms with van der Waals surface area (Å²) in [6, 6.07) is 4.49. The highest BCUT2D eigenvalue weighted by molar-refractivity contribution is 6.34. The monoisotopic (exact) mass is 314 g/mol. The maximum Gasteiger partial charge on any atom is 0.253 e. The van der Waals surface area contributed by atoms with Crippen LogP contribution >= 0.6 is 23.2 Å². The first kappa shape index (κ1) is 14.8. The van der Waals surface area contributed by atoms with E-state index in [1.165, 1.54) is 29.2 Å². The normalized spacial score (nSPS) is 12.2. The van der Waals surface area contributed by atoms with Crippen LogP contribution in [0, 0.1) is 0 Å². The molecule has 0 saturated heterocycles. The molecule has 106 valence electrons. The van der Waals surface area contributed by atoms with Gasteiger partial charge in [-0.25, -0.2) is 4.98 Å². The third-order valence-electron chi connectivity index (χ3n) is 2.52. The lowest BCUT2D eigenvalue weighted by molar-refractivity contribution is -0.129. The van der Waals surface area contributed by atoms with E-state index in [-0.39, 0.29) is 6.54 Å². The predicted octanol–water partition coefficient (Wildman–Crippen LogP) is 1.47. The van der Waals surface area contributed by atoms with Crippen LogP contribution in [0.25, 0.3) is 0 Å². The number of rotatable bonds is 4. The molecule has 8 heteroatoms. The average molecular weight is 315 g/mol. The Hall–Kier alpha value is -1.63. The number of aliphatic hydroxyl groups excluding tert-OH is 1. The first-order chi connectivity index (χ1) is 9.45. The summed E-state index contributed by atoms with van der Waals surface area (Å²) in [6.45, 7) is 0.130. The Kier molecular flexibility index (Phi) is 4.59. The smallest absolute Gasteiger partial charge is 0.253 e. The Bertz CT molecular complexity index is 609. The Morgan fingerprint density at radius 1 is 1.40 bits per heavy atom. The fourth-order valence-corrected chi connectivity index (χ4v) is 2.16. The molecular weight excluding hydrogens is 303 g/mol. The van der Waals surface area contributed by atoms with E-state index in [1.54, 1.807) is 7.05 Å². The zero-order chi connectivity index (χ0) is 14.7. The Morgan fingerprint density at radius 2 is 2.05 bits per heavy atom. The molecule has 1 amide bonds. The van der Waals surface area contributed by atoms with Crippen molar-refractivity contribution in [1.29, 1.82) is 0 Å². The summed E-state index contributed by atoms with van der Waals surface area (Å²) in [7, 11) is 1.72. The molecule has 0 spiro atoms. The molecule has 1 atom stereocenters. The Morgan fingerprint density at radius 3 is 2.60 bits per heavy atom. The lowest BCUT2D eigenvalue weighted by atomic mass is 10.1. The van der Waals surface area contributed by atoms with Crippen LogP contribution in [0.1, 0.15) is 17.5 Å². The van der Waals surface area contributed by atoms with Crippen LogP contribution < -0.4 is 5.32 Å². The van der Waals surface area contributed by atoms with E-state index in [4.69, 9.17) is 23.2 Å². The molecule has 2 N–H and O–H groups in total. The maximum absolute atomic E-state index is 11.8. The molecule has 2 rings (SSSR count). The number of aliphatic hydroxyl groups is 1. The summed E-state index contributed by atoms with van der Waals surface area (Å²) < 4.78 is 1.52. The highest BCUT2D eigenvalue weighted by Crippen LogP contribution is 2.23. The van der Waals surface area contributed by atoms with Crippen LogP contribution in [-0.2, 0) is 18.4 Å². The molecule has 2 aromatic rings. The van der Waals surface area contributed by atoms with Gasteiger partial charge in [0.05, 0.1) is 6.54 Å². The predicted molar refractivity (Wildman–Crippen MR) is 74.3 cm³/mol. The van der Waals surface area contributed by atoms with Crippen molar-refractivity contribution in [3.05, 3.63) is 46.0 Å². The summed E-state index contributed by atoms with van der Waals surface area (Å²) in [6.07, 6.45) is 0.171. The lowest BCUT2D eigenvalue weighted by Gasteiger charge is -2.11. The lowest BCUT2D eigenvalue weighted by Crippen LogP contribution is -2.29. The topological polar surface area (TPSA) is 80.0 Å². The average Bonchev–Trinajstić information content (AvgIpc) is 2.79. The van der Waals surface area contributed by atoms with Crippen LogP contribution in [0.5, 0.6) is 0 Å². The number of amides is 1. The van der Waals surface area contributed by atoms with Crippen molar-refractivity contribution in [2.24, 2.45) is 7.05 Å². The molecule has 1 heterocycles. The Balaban J connectivity index is 2.01. The van der Waals surface area contributed by atoms with Gasteiger partial charge < -0.3 is 10.4 Å². The maximum atomic E-state index is 11.8. The highest BCUT2D eigenvalue weighted by atomic mass is 35.5. The van der Waals surface area contributed by atoms with Gasteiger partial charge in [-0.15, -0.1) is 0 Å². The minimum absolute atomic E-state index is 0.130. The van der Waals surface area contributed by atoms with Crippen molar-refractivity contribution in [3.8, 4) is 0 Å². The molecule has 0 bridgehead atoms. The molecule has 0 aliphatic heterocycles. The zero-order valence-electron chi connectivity index (χ0n) is 10.5. The zero-order valence-corrected chi connectivity index (χ0v) is 12.1. The van der Waals surface area contributed by atoms with Gasteiger partial charge in [0.25, 0.3) is 5.91 Å². The fraction of sp³-hybridized carbons (Fsp3) is 0.250. The number of halogens is 2. The van der Waals surface area contributed by atoms with Gasteiger partial charge in [-0.3, -0.25) is 9.48 Å². The van der Waals surface area contributed by atoms with Crippen molar-refractivity contribution in [1.82, 2.24) is 20.1 Å². The molecular formula is C12H12Cl2N4O2. The van der Waals surface area contributed by atoms with Gasteiger partial charge in [0.15, 0.2) is 11.9 Å². The van der Waals surface area contributed by atoms with Crippen molar-refractivity contribution in [3.63, 3.8) is 0 Å². The Labute approximate surface area is 125 Å². The summed E-state index contributed by atoms with van der Waals surface area (Å²) in [5, 5.41) is 17.2. The van der Waals surface area contributed by atoms with Gasteiger partial charge >= 0.3 is 0 Å². The van der Waals surface area contributed by atoms with Gasteiger partial charge in [-0.05, 0) is 23.8 Å². The minimum atomic E-state index is -1.35. The molecule has 20 heavy (non-hydrogen) atoms. The van der Waals surface area contributed by atoms with E-state index in [0.29, 0.717) is 21.4 Å². The second-order valence-corrected chi connectivity index (χ2v) is 5.03. The standard InChI is InChI=1S/C12H12Cl2N4O2/c1-18-6-16-10(17-18)5-15-12(20)11(19)7-2-8(13)4-9(14)3-7/h2-4,6,11,19H,5H2,1H3,(H,15,20). The van der Waals surface area contributed by atoms with Crippen LogP contribution in [0.3, 0.4) is 0 Å². The van der Waals surface area contributed by atoms with Gasteiger partial charge in [0.1, 0.15) is 6.33 Å². The van der Waals surface area contributed by atoms with Crippen molar-refractivity contribution >= 4 is 29.1 Å². The van der Waals surface area contributed by atoms with Gasteiger partial charge in [0, 0.05) is 17.1 Å². The van der Waals surface area contributed by atoms with Crippen molar-refractivity contribution in [2.75, 3.05) is 0 Å². The van der Waals surface area contributed by atoms with Crippen LogP contribution in [-0.4, -0.2) is 25.8 Å². The number of carbonyl (C=O) groups excluding carboxylic acids is 1. The summed E-state index contributed by atoms with van der Waals surface area (Å²) >= 11 is 11.6. The first-order valence-electron chi connectivity index (χ1n) is 5.72. The number of carbonyl (C=O) groups is 1. The first-order valence-corrected chi connectivity index (χ1v) is 6.47. The van der Waals surface area contributed by atoms with Crippen molar-refractivity contribution < 1.29 is 9.90 Å². The number of nitrogens with one attached hydrogen (secondary N) is 1. The van der Waals surface area contributed by atoms with E-state index in [2.05, 4.69) is 15.4 Å². The second-order valence-electron chi connectivity index (χ2n) is 4.16. The molecule has 1 aromatic heterocycles. The van der Waals surface area contributed by atoms with Crippen LogP contribution in [0.15, 0.2) is 24.5 Å². The number of nitrogens with zero attached hydrogens (tertiary/aromatic N) is 3. The molecule has 1 unspecified atom stereocenters. The van der Waals surface area contributed by atoms with Gasteiger partial charge in [0.2, 0.25) is 0 Å². The fourth-order valence-electron chi connectivity index (χ4n) is 1.61. The van der Waals surface area contributed by atoms with Crippen LogP contribution in [0.4, 0.5) is 0 Å². The molecule has 0 radical (unpaired) electrons. The van der Waals surface area contributed by atoms with E-state index in [9.17, 15) is 9.90 Å². The number of hydrogen-bond acceptors (Lipinski definition) is 4. The van der Waals surface area contributed by atoms with E-state index < -0.39 is 12.0 Å². The molecule has 0 fully saturated rings. The number of hydrogen-bond donors (Lipinski definition) is 2. The molecule has 6 nitrogen and oxygen atoms in total. The quantitative estimate of drug-likeness (QED) is 0.895. The molecule has 0 aliphatic carbocycles. The van der Waals surface area contributed by atoms with Crippen molar-refractivity contribution in [2.45, 2.75) is 12.6 Å². The summed E-state index contributed by atoms with van der Waals surface area (Å²) in [5.41, 5.74) is 0.328. The third-order valence-corrected chi connectivity index (χ3v) is 2.95. The largest absolute Gasteiger partial charge is 0.378 e. The van der Waals surface area contributed by atoms with E-state index in [1.807, 2.05) is 0 Å². The highest BCUT2D eigenvalue weighted by Gasteiger charge is 2.18. The number of aryl methyl sites for hydroxylation is 1. The van der Waals surface area contributed by atoms with Gasteiger partial charge in [-0.2, -0.15) is 5.10 Å². The second kappa shape index (κ2) is 6.21. The molecule has 0 aliphatic rings. The number of aromatic nitrogens is 3. The van der Waals surface area contributed by atoms with E-state index in [0.717, 1.165) is 0 Å². The number of benzene rings is 1. The summed E-state index contributed by atoms with van der Waals surface area (Å²) in [4.78, 5) is 15.8. The van der Waals surface area contributed by atoms with Gasteiger partial charge in [-0.1, -0.05) is 23.2 Å². The van der Waals surface area contributed by atoms with Crippen LogP contribution in [0.2, 0.25) is 10.0 Å². The third kappa shape index (κ3) is 3.69. The van der Waals surface area contributed by atoms with E-state index >= 15 is 0 Å². The molecule has 1 aromatic carbocycles. The summed E-state index contributed by atoms with van der Waals surface area (Å²) in [5.74, 6) is -0.118. The molecule has 0 saturated carbocycles. The SMILES string of the molecule is Cn1cnc(CNC(=O)C(O)c2cc(Cl)cc(Cl)c2)n1. The minimum Gasteiger partial charge on any atom is -0.378 e.